The van der Waals surface area contributed by atoms with Crippen molar-refractivity contribution in [2.45, 2.75) is 24.3 Å². The summed E-state index contributed by atoms with van der Waals surface area (Å²) < 4.78 is 13.8. The zero-order valence-corrected chi connectivity index (χ0v) is 24.8. The number of non-ortho nitro benzene ring substituents is 1. The van der Waals surface area contributed by atoms with E-state index < -0.39 is 64.0 Å². The summed E-state index contributed by atoms with van der Waals surface area (Å²) in [5.74, 6) is -6.09. The van der Waals surface area contributed by atoms with Crippen LogP contribution in [0.15, 0.2) is 97.1 Å². The number of rotatable bonds is 8. The first-order valence-electron chi connectivity index (χ1n) is 14.7. The second-order valence-electron chi connectivity index (χ2n) is 11.6. The Hall–Kier alpha value is -5.22. The number of ketones is 1. The molecular formula is C35H25ClFN3O6. The number of amides is 3. The number of nitrogens with zero attached hydrogens (tertiary/aromatic N) is 3. The average Bonchev–Trinajstić information content (AvgIpc) is 3.34. The average molecular weight is 638 g/mol. The van der Waals surface area contributed by atoms with Gasteiger partial charge in [0.15, 0.2) is 5.78 Å². The molecule has 0 radical (unpaired) electrons. The monoisotopic (exact) mass is 637 g/mol. The number of hydrogen-bond donors (Lipinski definition) is 0. The SMILES string of the molecule is O=C(c1ccc(F)cc1)[C@H](CCCl)N(C(=O)c1ccc([N+](=O)[O-])cc1)N1C(=O)[C@@H]2C3c4ccccc4C(c4ccccc43)[C@@H]2C1=O. The van der Waals surface area contributed by atoms with E-state index in [1.54, 1.807) is 0 Å². The Balaban J connectivity index is 1.37. The fourth-order valence-corrected chi connectivity index (χ4v) is 7.58. The minimum atomic E-state index is -1.43. The number of hydrogen-bond acceptors (Lipinski definition) is 6. The maximum absolute atomic E-state index is 14.6. The molecule has 9 nitrogen and oxygen atoms in total. The number of alkyl halides is 1. The summed E-state index contributed by atoms with van der Waals surface area (Å²) >= 11 is 6.17. The van der Waals surface area contributed by atoms with Gasteiger partial charge in [0, 0.05) is 41.0 Å². The van der Waals surface area contributed by atoms with E-state index in [4.69, 9.17) is 11.6 Å². The molecule has 46 heavy (non-hydrogen) atoms. The summed E-state index contributed by atoms with van der Waals surface area (Å²) in [6.45, 7) is 0. The Labute approximate surface area is 267 Å². The zero-order chi connectivity index (χ0) is 32.3. The number of halogens is 2. The molecule has 2 bridgehead atoms. The molecule has 11 heteroatoms. The third kappa shape index (κ3) is 4.43. The Morgan fingerprint density at radius 3 is 1.67 bits per heavy atom. The topological polar surface area (TPSA) is 118 Å². The van der Waals surface area contributed by atoms with Crippen molar-refractivity contribution in [3.63, 3.8) is 0 Å². The molecule has 0 N–H and O–H groups in total. The maximum atomic E-state index is 14.6. The van der Waals surface area contributed by atoms with E-state index in [-0.39, 0.29) is 29.1 Å². The van der Waals surface area contributed by atoms with Crippen LogP contribution in [0.25, 0.3) is 0 Å². The molecule has 230 valence electrons. The first kappa shape index (κ1) is 29.5. The number of benzene rings is 4. The number of Topliss-reactive ketones (excluding diaryl/α,β-unsaturated/α-hetero) is 1. The number of carbonyl (C=O) groups excluding carboxylic acids is 4. The summed E-state index contributed by atoms with van der Waals surface area (Å²) in [6.07, 6.45) is -0.143. The molecule has 3 aliphatic carbocycles. The first-order chi connectivity index (χ1) is 22.2. The molecule has 0 saturated carbocycles. The van der Waals surface area contributed by atoms with Crippen molar-refractivity contribution in [2.75, 3.05) is 5.88 Å². The number of hydrazine groups is 1. The highest BCUT2D eigenvalue weighted by molar-refractivity contribution is 6.18. The lowest BCUT2D eigenvalue weighted by molar-refractivity contribution is -0.384. The van der Waals surface area contributed by atoms with E-state index in [9.17, 15) is 33.7 Å². The molecule has 4 aliphatic rings. The Kier molecular flexibility index (Phi) is 7.24. The van der Waals surface area contributed by atoms with E-state index in [1.165, 1.54) is 24.3 Å². The highest BCUT2D eigenvalue weighted by atomic mass is 35.5. The van der Waals surface area contributed by atoms with Crippen molar-refractivity contribution in [1.29, 1.82) is 0 Å². The highest BCUT2D eigenvalue weighted by Gasteiger charge is 2.63. The number of nitro benzene ring substituents is 1. The van der Waals surface area contributed by atoms with Crippen LogP contribution < -0.4 is 0 Å². The lowest BCUT2D eigenvalue weighted by Crippen LogP contribution is -2.57. The molecule has 1 fully saturated rings. The van der Waals surface area contributed by atoms with E-state index in [0.29, 0.717) is 0 Å². The van der Waals surface area contributed by atoms with Gasteiger partial charge in [-0.25, -0.2) is 9.40 Å². The smallest absolute Gasteiger partial charge is 0.273 e. The van der Waals surface area contributed by atoms with E-state index in [0.717, 1.165) is 56.5 Å². The van der Waals surface area contributed by atoms with E-state index in [2.05, 4.69) is 0 Å². The van der Waals surface area contributed by atoms with Crippen LogP contribution in [0.1, 0.15) is 61.2 Å². The molecule has 3 atom stereocenters. The van der Waals surface area contributed by atoms with Crippen molar-refractivity contribution in [1.82, 2.24) is 10.0 Å². The Bertz CT molecular complexity index is 1820. The molecule has 4 aromatic rings. The maximum Gasteiger partial charge on any atom is 0.273 e. The fraction of sp³-hybridized carbons (Fsp3) is 0.200. The minimum Gasteiger partial charge on any atom is -0.292 e. The molecular weight excluding hydrogens is 613 g/mol. The van der Waals surface area contributed by atoms with Crippen LogP contribution in [0.2, 0.25) is 0 Å². The summed E-state index contributed by atoms with van der Waals surface area (Å²) in [7, 11) is 0. The second-order valence-corrected chi connectivity index (χ2v) is 11.9. The number of carbonyl (C=O) groups is 4. The van der Waals surface area contributed by atoms with Crippen LogP contribution in [-0.2, 0) is 9.59 Å². The predicted molar refractivity (Wildman–Crippen MR) is 165 cm³/mol. The summed E-state index contributed by atoms with van der Waals surface area (Å²) in [4.78, 5) is 68.3. The third-order valence-electron chi connectivity index (χ3n) is 9.28. The standard InChI is InChI=1S/C35H25ClFN3O6/c36-18-17-27(32(41)19-9-13-21(37)14-10-19)38(33(42)20-11-15-22(16-12-20)40(45)46)39-34(43)30-28-23-5-1-2-6-24(23)29(31(30)35(39)44)26-8-4-3-7-25(26)28/h1-16,27-31H,17-18H2/t27-,28?,29?,30-,31+/m0/s1. The van der Waals surface area contributed by atoms with E-state index in [1.807, 2.05) is 48.5 Å². The fourth-order valence-electron chi connectivity index (χ4n) is 7.38. The summed E-state index contributed by atoms with van der Waals surface area (Å²) in [6, 6.07) is 23.3. The van der Waals surface area contributed by atoms with Gasteiger partial charge in [-0.3, -0.25) is 29.3 Å². The van der Waals surface area contributed by atoms with Gasteiger partial charge in [-0.15, -0.1) is 11.6 Å². The molecule has 0 aromatic heterocycles. The van der Waals surface area contributed by atoms with Gasteiger partial charge in [0.1, 0.15) is 11.9 Å². The molecule has 3 amide bonds. The minimum absolute atomic E-state index is 0.0504. The number of nitro groups is 1. The number of imide groups is 1. The third-order valence-corrected chi connectivity index (χ3v) is 9.50. The second kappa shape index (κ2) is 11.3. The van der Waals surface area contributed by atoms with Gasteiger partial charge in [-0.1, -0.05) is 48.5 Å². The van der Waals surface area contributed by atoms with E-state index >= 15 is 0 Å². The van der Waals surface area contributed by atoms with Crippen molar-refractivity contribution >= 4 is 40.8 Å². The summed E-state index contributed by atoms with van der Waals surface area (Å²) in [5, 5.41) is 13.0. The lowest BCUT2D eigenvalue weighted by atomic mass is 9.55. The highest BCUT2D eigenvalue weighted by Crippen LogP contribution is 2.61. The van der Waals surface area contributed by atoms with Crippen LogP contribution in [0, 0.1) is 27.8 Å². The van der Waals surface area contributed by atoms with Crippen LogP contribution in [0.5, 0.6) is 0 Å². The largest absolute Gasteiger partial charge is 0.292 e. The van der Waals surface area contributed by atoms with Gasteiger partial charge in [0.25, 0.3) is 23.4 Å². The molecule has 1 saturated heterocycles. The zero-order valence-electron chi connectivity index (χ0n) is 24.1. The van der Waals surface area contributed by atoms with Crippen molar-refractivity contribution in [3.8, 4) is 0 Å². The van der Waals surface area contributed by atoms with Crippen LogP contribution in [0.3, 0.4) is 0 Å². The Morgan fingerprint density at radius 1 is 0.783 bits per heavy atom. The van der Waals surface area contributed by atoms with Crippen molar-refractivity contribution in [3.05, 3.63) is 146 Å². The molecule has 1 heterocycles. The van der Waals surface area contributed by atoms with Crippen molar-refractivity contribution < 1.29 is 28.5 Å². The normalized spacial score (nSPS) is 21.3. The molecule has 0 unspecified atom stereocenters. The molecule has 1 aliphatic heterocycles. The van der Waals surface area contributed by atoms with Gasteiger partial charge in [0.2, 0.25) is 0 Å². The Morgan fingerprint density at radius 2 is 1.24 bits per heavy atom. The van der Waals surface area contributed by atoms with Crippen LogP contribution in [0.4, 0.5) is 10.1 Å². The van der Waals surface area contributed by atoms with Crippen molar-refractivity contribution in [2.24, 2.45) is 11.8 Å². The van der Waals surface area contributed by atoms with Gasteiger partial charge in [-0.2, -0.15) is 5.01 Å². The summed E-state index contributed by atoms with van der Waals surface area (Å²) in [5.41, 5.74) is 3.43. The van der Waals surface area contributed by atoms with Gasteiger partial charge in [0.05, 0.1) is 16.8 Å². The van der Waals surface area contributed by atoms with Crippen LogP contribution in [-0.4, -0.2) is 50.4 Å². The van der Waals surface area contributed by atoms with Gasteiger partial charge >= 0.3 is 0 Å². The lowest BCUT2D eigenvalue weighted by Gasteiger charge is -2.45. The van der Waals surface area contributed by atoms with Gasteiger partial charge < -0.3 is 0 Å². The molecule has 8 rings (SSSR count). The first-order valence-corrected chi connectivity index (χ1v) is 15.3. The predicted octanol–water partition coefficient (Wildman–Crippen LogP) is 5.86. The van der Waals surface area contributed by atoms with Crippen LogP contribution >= 0.6 is 11.6 Å². The molecule has 4 aromatic carbocycles. The molecule has 0 spiro atoms. The quantitative estimate of drug-likeness (QED) is 0.0785. The van der Waals surface area contributed by atoms with Gasteiger partial charge in [-0.05, 0) is 65.1 Å².